The fraction of sp³-hybridized carbons (Fsp3) is 0.417. The Hall–Kier alpha value is -2.39. The van der Waals surface area contributed by atoms with Gasteiger partial charge in [-0.25, -0.2) is 8.42 Å². The third kappa shape index (κ3) is 7.57. The molecule has 0 spiro atoms. The summed E-state index contributed by atoms with van der Waals surface area (Å²) >= 11 is 3.43. The number of aryl methyl sites for hydroxylation is 2. The van der Waals surface area contributed by atoms with E-state index >= 15 is 0 Å². The van der Waals surface area contributed by atoms with Gasteiger partial charge >= 0.3 is 0 Å². The fourth-order valence-electron chi connectivity index (χ4n) is 3.49. The monoisotopic (exact) mass is 537 g/mol. The highest BCUT2D eigenvalue weighted by molar-refractivity contribution is 9.10. The summed E-state index contributed by atoms with van der Waals surface area (Å²) < 4.78 is 27.2. The normalized spacial score (nSPS) is 12.2. The zero-order chi connectivity index (χ0) is 24.8. The molecule has 0 heterocycles. The second kappa shape index (κ2) is 11.7. The average molecular weight is 539 g/mol. The van der Waals surface area contributed by atoms with E-state index in [-0.39, 0.29) is 12.5 Å². The molecule has 0 aromatic heterocycles. The van der Waals surface area contributed by atoms with Gasteiger partial charge in [-0.05, 0) is 56.5 Å². The summed E-state index contributed by atoms with van der Waals surface area (Å²) in [4.78, 5) is 27.6. The number of benzene rings is 2. The Kier molecular flexibility index (Phi) is 9.48. The van der Waals surface area contributed by atoms with Gasteiger partial charge in [0.2, 0.25) is 21.8 Å². The van der Waals surface area contributed by atoms with E-state index in [2.05, 4.69) is 21.2 Å². The van der Waals surface area contributed by atoms with Crippen molar-refractivity contribution in [3.63, 3.8) is 0 Å². The van der Waals surface area contributed by atoms with Crippen LogP contribution < -0.4 is 9.62 Å². The maximum atomic E-state index is 13.5. The molecular weight excluding hydrogens is 506 g/mol. The molecule has 0 fully saturated rings. The first kappa shape index (κ1) is 26.9. The highest BCUT2D eigenvalue weighted by atomic mass is 79.9. The molecule has 33 heavy (non-hydrogen) atoms. The van der Waals surface area contributed by atoms with Crippen LogP contribution in [0.2, 0.25) is 0 Å². The van der Waals surface area contributed by atoms with E-state index in [1.54, 1.807) is 13.0 Å². The second-order valence-corrected chi connectivity index (χ2v) is 11.0. The number of nitrogens with zero attached hydrogens (tertiary/aromatic N) is 2. The average Bonchev–Trinajstić information content (AvgIpc) is 2.73. The van der Waals surface area contributed by atoms with Crippen LogP contribution in [0.15, 0.2) is 46.9 Å². The third-order valence-corrected chi connectivity index (χ3v) is 6.88. The summed E-state index contributed by atoms with van der Waals surface area (Å²) in [6.45, 7) is 7.60. The minimum Gasteiger partial charge on any atom is -0.354 e. The SMILES string of the molecule is CCCNC(=O)C(C)N(Cc1cccc(Br)c1)C(=O)CN(c1ccc(C)cc1C)S(C)(=O)=O. The molecule has 1 N–H and O–H groups in total. The number of halogens is 1. The van der Waals surface area contributed by atoms with Gasteiger partial charge in [0.15, 0.2) is 0 Å². The number of hydrogen-bond donors (Lipinski definition) is 1. The van der Waals surface area contributed by atoms with E-state index in [4.69, 9.17) is 0 Å². The molecule has 180 valence electrons. The van der Waals surface area contributed by atoms with Gasteiger partial charge in [-0.3, -0.25) is 13.9 Å². The largest absolute Gasteiger partial charge is 0.354 e. The summed E-state index contributed by atoms with van der Waals surface area (Å²) in [5.41, 5.74) is 3.02. The molecule has 0 radical (unpaired) electrons. The van der Waals surface area contributed by atoms with Crippen molar-refractivity contribution in [1.29, 1.82) is 0 Å². The van der Waals surface area contributed by atoms with Gasteiger partial charge in [0.05, 0.1) is 11.9 Å². The van der Waals surface area contributed by atoms with Crippen LogP contribution in [-0.2, 0) is 26.2 Å². The van der Waals surface area contributed by atoms with E-state index in [1.165, 1.54) is 4.90 Å². The number of nitrogens with one attached hydrogen (secondary N) is 1. The summed E-state index contributed by atoms with van der Waals surface area (Å²) in [6, 6.07) is 12.1. The Labute approximate surface area is 205 Å². The van der Waals surface area contributed by atoms with Gasteiger partial charge < -0.3 is 10.2 Å². The predicted molar refractivity (Wildman–Crippen MR) is 136 cm³/mol. The van der Waals surface area contributed by atoms with Crippen molar-refractivity contribution in [2.75, 3.05) is 23.7 Å². The van der Waals surface area contributed by atoms with Crippen molar-refractivity contribution < 1.29 is 18.0 Å². The van der Waals surface area contributed by atoms with Crippen molar-refractivity contribution in [3.8, 4) is 0 Å². The highest BCUT2D eigenvalue weighted by Gasteiger charge is 2.30. The molecule has 0 aliphatic heterocycles. The number of rotatable bonds is 10. The van der Waals surface area contributed by atoms with Crippen LogP contribution in [0.25, 0.3) is 0 Å². The first-order valence-electron chi connectivity index (χ1n) is 10.8. The first-order valence-corrected chi connectivity index (χ1v) is 13.4. The van der Waals surface area contributed by atoms with Crippen LogP contribution in [0.5, 0.6) is 0 Å². The van der Waals surface area contributed by atoms with Gasteiger partial charge in [-0.1, -0.05) is 52.7 Å². The predicted octanol–water partition coefficient (Wildman–Crippen LogP) is 3.78. The van der Waals surface area contributed by atoms with E-state index in [1.807, 2.05) is 57.2 Å². The molecule has 2 amide bonds. The smallest absolute Gasteiger partial charge is 0.244 e. The molecule has 7 nitrogen and oxygen atoms in total. The Morgan fingerprint density at radius 2 is 1.82 bits per heavy atom. The van der Waals surface area contributed by atoms with E-state index in [0.29, 0.717) is 12.2 Å². The maximum absolute atomic E-state index is 13.5. The Balaban J connectivity index is 2.40. The second-order valence-electron chi connectivity index (χ2n) is 8.18. The summed E-state index contributed by atoms with van der Waals surface area (Å²) in [5, 5.41) is 2.82. The molecule has 2 rings (SSSR count). The quantitative estimate of drug-likeness (QED) is 0.499. The summed E-state index contributed by atoms with van der Waals surface area (Å²) in [6.07, 6.45) is 1.85. The zero-order valence-electron chi connectivity index (χ0n) is 19.8. The first-order chi connectivity index (χ1) is 15.4. The van der Waals surface area contributed by atoms with Gasteiger partial charge in [0.25, 0.3) is 0 Å². The van der Waals surface area contributed by atoms with Gasteiger partial charge in [0, 0.05) is 17.6 Å². The number of anilines is 1. The minimum absolute atomic E-state index is 0.170. The Bertz CT molecular complexity index is 1100. The summed E-state index contributed by atoms with van der Waals surface area (Å²) in [7, 11) is -3.74. The van der Waals surface area contributed by atoms with Crippen LogP contribution in [0.1, 0.15) is 37.0 Å². The minimum atomic E-state index is -3.74. The topological polar surface area (TPSA) is 86.8 Å². The molecule has 0 saturated heterocycles. The van der Waals surface area contributed by atoms with E-state index < -0.39 is 28.5 Å². The van der Waals surface area contributed by atoms with Crippen molar-refractivity contribution in [3.05, 3.63) is 63.6 Å². The molecule has 0 aliphatic carbocycles. The van der Waals surface area contributed by atoms with E-state index in [9.17, 15) is 18.0 Å². The lowest BCUT2D eigenvalue weighted by Gasteiger charge is -2.32. The molecule has 1 atom stereocenters. The number of hydrogen-bond acceptors (Lipinski definition) is 4. The number of carbonyl (C=O) groups is 2. The molecular formula is C24H32BrN3O4S. The van der Waals surface area contributed by atoms with Gasteiger partial charge in [-0.15, -0.1) is 0 Å². The van der Waals surface area contributed by atoms with Crippen molar-refractivity contribution >= 4 is 43.5 Å². The van der Waals surface area contributed by atoms with Crippen molar-refractivity contribution in [2.24, 2.45) is 0 Å². The van der Waals surface area contributed by atoms with E-state index in [0.717, 1.165) is 38.1 Å². The maximum Gasteiger partial charge on any atom is 0.244 e. The van der Waals surface area contributed by atoms with Gasteiger partial charge in [0.1, 0.15) is 12.6 Å². The van der Waals surface area contributed by atoms with Crippen molar-refractivity contribution in [2.45, 2.75) is 46.7 Å². The lowest BCUT2D eigenvalue weighted by atomic mass is 10.1. The molecule has 2 aromatic carbocycles. The van der Waals surface area contributed by atoms with Crippen LogP contribution >= 0.6 is 15.9 Å². The third-order valence-electron chi connectivity index (χ3n) is 5.26. The van der Waals surface area contributed by atoms with Crippen molar-refractivity contribution in [1.82, 2.24) is 10.2 Å². The van der Waals surface area contributed by atoms with Crippen LogP contribution in [0, 0.1) is 13.8 Å². The van der Waals surface area contributed by atoms with Crippen LogP contribution in [0.3, 0.4) is 0 Å². The number of carbonyl (C=O) groups excluding carboxylic acids is 2. The standard InChI is InChI=1S/C24H32BrN3O4S/c1-6-12-26-24(30)19(4)27(15-20-8-7-9-21(25)14-20)23(29)16-28(33(5,31)32)22-11-10-17(2)13-18(22)3/h7-11,13-14,19H,6,12,15-16H2,1-5H3,(H,26,30). The molecule has 0 saturated carbocycles. The Morgan fingerprint density at radius 3 is 2.39 bits per heavy atom. The molecule has 9 heteroatoms. The fourth-order valence-corrected chi connectivity index (χ4v) is 4.84. The molecule has 0 aliphatic rings. The summed E-state index contributed by atoms with van der Waals surface area (Å²) in [5.74, 6) is -0.739. The number of amides is 2. The van der Waals surface area contributed by atoms with Crippen LogP contribution in [0.4, 0.5) is 5.69 Å². The number of sulfonamides is 1. The molecule has 0 bridgehead atoms. The zero-order valence-corrected chi connectivity index (χ0v) is 22.2. The highest BCUT2D eigenvalue weighted by Crippen LogP contribution is 2.24. The van der Waals surface area contributed by atoms with Gasteiger partial charge in [-0.2, -0.15) is 0 Å². The Morgan fingerprint density at radius 1 is 1.12 bits per heavy atom. The molecule has 2 aromatic rings. The lowest BCUT2D eigenvalue weighted by Crippen LogP contribution is -2.51. The molecule has 1 unspecified atom stereocenters. The van der Waals surface area contributed by atoms with Crippen LogP contribution in [-0.4, -0.2) is 50.5 Å². The lowest BCUT2D eigenvalue weighted by molar-refractivity contribution is -0.139.